The van der Waals surface area contributed by atoms with Crippen LogP contribution >= 0.6 is 23.5 Å². The van der Waals surface area contributed by atoms with Crippen molar-refractivity contribution in [3.63, 3.8) is 0 Å². The Balaban J connectivity index is 2.47. The molecule has 0 saturated heterocycles. The Bertz CT molecular complexity index is 539. The van der Waals surface area contributed by atoms with E-state index in [1.807, 2.05) is 31.2 Å². The minimum absolute atomic E-state index is 0.365. The van der Waals surface area contributed by atoms with Crippen LogP contribution in [0.3, 0.4) is 0 Å². The third-order valence-electron chi connectivity index (χ3n) is 2.97. The summed E-state index contributed by atoms with van der Waals surface area (Å²) in [4.78, 5) is 0. The first-order valence-electron chi connectivity index (χ1n) is 6.55. The van der Waals surface area contributed by atoms with Gasteiger partial charge in [0.15, 0.2) is 0 Å². The quantitative estimate of drug-likeness (QED) is 0.718. The van der Waals surface area contributed by atoms with Crippen LogP contribution in [0.25, 0.3) is 4.48 Å². The number of rotatable bonds is 5. The normalized spacial score (nSPS) is 22.1. The predicted molar refractivity (Wildman–Crippen MR) is 81.8 cm³/mol. The lowest BCUT2D eigenvalue weighted by Gasteiger charge is -2.28. The molecule has 0 radical (unpaired) electrons. The van der Waals surface area contributed by atoms with Gasteiger partial charge in [-0.3, -0.25) is 4.52 Å². The molecule has 1 aliphatic rings. The Morgan fingerprint density at radius 3 is 2.74 bits per heavy atom. The van der Waals surface area contributed by atoms with Crippen LogP contribution in [0.2, 0.25) is 0 Å². The first kappa shape index (κ1) is 14.8. The maximum atomic E-state index is 12.9. The van der Waals surface area contributed by atoms with Gasteiger partial charge in [0.05, 0.1) is 16.4 Å². The predicted octanol–water partition coefficient (Wildman–Crippen LogP) is 4.83. The average molecular weight is 345 g/mol. The Kier molecular flexibility index (Phi) is 4.88. The van der Waals surface area contributed by atoms with Crippen molar-refractivity contribution < 1.29 is 13.6 Å². The molecule has 1 aliphatic heterocycles. The number of fused-ring (bicyclic) bond motifs is 1. The summed E-state index contributed by atoms with van der Waals surface area (Å²) in [5.74, 6) is 0.734. The first-order valence-corrected chi connectivity index (χ1v) is 8.88. The monoisotopic (exact) mass is 344 g/mol. The summed E-state index contributed by atoms with van der Waals surface area (Å²) in [6.07, 6.45) is 2.83. The first-order chi connectivity index (χ1) is 9.12. The van der Waals surface area contributed by atoms with E-state index in [2.05, 4.69) is 22.9 Å². The van der Waals surface area contributed by atoms with Crippen molar-refractivity contribution in [2.75, 3.05) is 6.61 Å². The number of unbranched alkanes of at least 4 members (excludes halogenated alkanes) is 1. The summed E-state index contributed by atoms with van der Waals surface area (Å²) in [5, 5.41) is 0.643. The lowest BCUT2D eigenvalue weighted by Crippen LogP contribution is -2.19. The Morgan fingerprint density at radius 2 is 2.05 bits per heavy atom. The van der Waals surface area contributed by atoms with Gasteiger partial charge >= 0.3 is 7.60 Å². The number of benzene rings is 1. The van der Waals surface area contributed by atoms with E-state index in [4.69, 9.17) is 9.05 Å². The van der Waals surface area contributed by atoms with E-state index in [9.17, 15) is 4.57 Å². The van der Waals surface area contributed by atoms with Crippen molar-refractivity contribution in [3.8, 4) is 0 Å². The molecule has 1 unspecified atom stereocenters. The zero-order chi connectivity index (χ0) is 13.9. The van der Waals surface area contributed by atoms with E-state index in [-0.39, 0.29) is 0 Å². The zero-order valence-corrected chi connectivity index (χ0v) is 13.7. The summed E-state index contributed by atoms with van der Waals surface area (Å²) in [5.41, 5.74) is 0.914. The van der Waals surface area contributed by atoms with Gasteiger partial charge in [0, 0.05) is 12.0 Å². The van der Waals surface area contributed by atoms with Gasteiger partial charge in [-0.2, -0.15) is 0 Å². The lowest BCUT2D eigenvalue weighted by molar-refractivity contribution is 0.254. The van der Waals surface area contributed by atoms with Gasteiger partial charge in [-0.15, -0.1) is 0 Å². The molecule has 1 aromatic carbocycles. The second kappa shape index (κ2) is 6.25. The second-order valence-electron chi connectivity index (χ2n) is 4.36. The topological polar surface area (TPSA) is 35.5 Å². The summed E-state index contributed by atoms with van der Waals surface area (Å²) < 4.78 is 24.9. The highest BCUT2D eigenvalue weighted by Gasteiger charge is 2.37. The molecule has 0 fully saturated rings. The highest BCUT2D eigenvalue weighted by atomic mass is 79.9. The van der Waals surface area contributed by atoms with E-state index in [1.54, 1.807) is 0 Å². The third-order valence-corrected chi connectivity index (χ3v) is 5.88. The van der Waals surface area contributed by atoms with E-state index >= 15 is 0 Å². The molecule has 0 amide bonds. The van der Waals surface area contributed by atoms with Crippen LogP contribution in [0, 0.1) is 0 Å². The van der Waals surface area contributed by atoms with Gasteiger partial charge in [0.25, 0.3) is 0 Å². The minimum Gasteiger partial charge on any atom is -0.425 e. The fourth-order valence-corrected chi connectivity index (χ4v) is 4.80. The number of hydrogen-bond acceptors (Lipinski definition) is 3. The van der Waals surface area contributed by atoms with E-state index in [1.165, 1.54) is 0 Å². The average Bonchev–Trinajstić information content (AvgIpc) is 2.42. The molecule has 0 N–H and O–H groups in total. The van der Waals surface area contributed by atoms with Crippen LogP contribution in [0.4, 0.5) is 0 Å². The van der Waals surface area contributed by atoms with Crippen molar-refractivity contribution in [1.82, 2.24) is 0 Å². The molecule has 3 nitrogen and oxygen atoms in total. The fourth-order valence-electron chi connectivity index (χ4n) is 2.04. The molecule has 0 spiro atoms. The van der Waals surface area contributed by atoms with Crippen LogP contribution in [-0.2, 0) is 13.6 Å². The maximum Gasteiger partial charge on any atom is 0.411 e. The molecule has 0 saturated carbocycles. The molecule has 19 heavy (non-hydrogen) atoms. The Hall–Kier alpha value is -0.570. The van der Waals surface area contributed by atoms with Crippen molar-refractivity contribution >= 4 is 33.3 Å². The Morgan fingerprint density at radius 1 is 1.32 bits per heavy atom. The summed E-state index contributed by atoms with van der Waals surface area (Å²) >= 11 is 3.56. The van der Waals surface area contributed by atoms with Gasteiger partial charge < -0.3 is 4.52 Å². The number of hydrogen-bond donors (Lipinski definition) is 0. The van der Waals surface area contributed by atoms with Crippen LogP contribution < -0.4 is 5.30 Å². The molecule has 5 heteroatoms. The molecular formula is C14H18BrO3P. The van der Waals surface area contributed by atoms with Gasteiger partial charge in [-0.1, -0.05) is 31.5 Å². The van der Waals surface area contributed by atoms with Crippen molar-refractivity contribution in [2.45, 2.75) is 33.1 Å². The molecular weight excluding hydrogens is 327 g/mol. The third kappa shape index (κ3) is 2.96. The fraction of sp³-hybridized carbons (Fsp3) is 0.429. The molecule has 2 rings (SSSR count). The zero-order valence-electron chi connectivity index (χ0n) is 11.2. The summed E-state index contributed by atoms with van der Waals surface area (Å²) in [6.45, 7) is 4.31. The van der Waals surface area contributed by atoms with Gasteiger partial charge in [-0.25, -0.2) is 4.57 Å². The van der Waals surface area contributed by atoms with Crippen molar-refractivity contribution in [2.24, 2.45) is 0 Å². The molecule has 1 heterocycles. The second-order valence-corrected chi connectivity index (χ2v) is 7.07. The molecule has 0 aromatic heterocycles. The molecule has 1 atom stereocenters. The van der Waals surface area contributed by atoms with Crippen molar-refractivity contribution in [1.29, 1.82) is 0 Å². The lowest BCUT2D eigenvalue weighted by atomic mass is 10.1. The van der Waals surface area contributed by atoms with Crippen molar-refractivity contribution in [3.05, 3.63) is 35.6 Å². The van der Waals surface area contributed by atoms with E-state index in [0.29, 0.717) is 11.9 Å². The smallest absolute Gasteiger partial charge is 0.411 e. The van der Waals surface area contributed by atoms with Crippen LogP contribution in [-0.4, -0.2) is 6.61 Å². The molecule has 0 aliphatic carbocycles. The Labute approximate surface area is 122 Å². The van der Waals surface area contributed by atoms with E-state index < -0.39 is 7.60 Å². The largest absolute Gasteiger partial charge is 0.425 e. The SMILES string of the molecule is CCCCC1=C(Br)c2ccccc2P(=O)(OCC)O1. The van der Waals surface area contributed by atoms with E-state index in [0.717, 1.165) is 35.1 Å². The highest BCUT2D eigenvalue weighted by molar-refractivity contribution is 9.15. The molecule has 1 aromatic rings. The van der Waals surface area contributed by atoms with Crippen LogP contribution in [0.1, 0.15) is 38.7 Å². The number of allylic oxidation sites excluding steroid dienone is 1. The van der Waals surface area contributed by atoms with Crippen LogP contribution in [0.15, 0.2) is 30.0 Å². The number of halogens is 1. The van der Waals surface area contributed by atoms with Gasteiger partial charge in [0.1, 0.15) is 5.76 Å². The maximum absolute atomic E-state index is 12.9. The van der Waals surface area contributed by atoms with Gasteiger partial charge in [-0.05, 0) is 35.3 Å². The summed E-state index contributed by atoms with van der Waals surface area (Å²) in [6, 6.07) is 7.54. The minimum atomic E-state index is -3.22. The standard InChI is InChI=1S/C14H18BrO3P/c1-3-5-9-12-14(15)11-8-6-7-10-13(11)19(16,18-12)17-4-2/h6-8,10H,3-5,9H2,1-2H3. The summed E-state index contributed by atoms with van der Waals surface area (Å²) in [7, 11) is -3.22. The van der Waals surface area contributed by atoms with Gasteiger partial charge in [0.2, 0.25) is 0 Å². The molecule has 104 valence electrons. The highest BCUT2D eigenvalue weighted by Crippen LogP contribution is 2.56. The molecule has 0 bridgehead atoms. The van der Waals surface area contributed by atoms with Crippen LogP contribution in [0.5, 0.6) is 0 Å².